The number of hydrogen-bond donors (Lipinski definition) is 1. The zero-order valence-electron chi connectivity index (χ0n) is 11.2. The van der Waals surface area contributed by atoms with Gasteiger partial charge in [-0.05, 0) is 45.1 Å². The fraction of sp³-hybridized carbons (Fsp3) is 0.786. The van der Waals surface area contributed by atoms with E-state index in [1.54, 1.807) is 0 Å². The highest BCUT2D eigenvalue weighted by atomic mass is 15.1. The Morgan fingerprint density at radius 1 is 1.35 bits per heavy atom. The van der Waals surface area contributed by atoms with E-state index in [0.29, 0.717) is 6.04 Å². The quantitative estimate of drug-likeness (QED) is 0.821. The Morgan fingerprint density at radius 3 is 2.94 bits per heavy atom. The molecule has 1 aromatic rings. The van der Waals surface area contributed by atoms with Crippen LogP contribution >= 0.6 is 0 Å². The Hall–Kier alpha value is -0.830. The molecule has 1 heterocycles. The molecule has 0 aromatic carbocycles. The van der Waals surface area contributed by atoms with Gasteiger partial charge in [0.05, 0.1) is 12.0 Å². The van der Waals surface area contributed by atoms with Crippen LogP contribution in [0, 0.1) is 0 Å². The maximum Gasteiger partial charge on any atom is 0.0952 e. The first-order chi connectivity index (χ1) is 8.35. The summed E-state index contributed by atoms with van der Waals surface area (Å²) in [7, 11) is 0. The Bertz CT molecular complexity index is 343. The van der Waals surface area contributed by atoms with E-state index in [4.69, 9.17) is 0 Å². The van der Waals surface area contributed by atoms with Crippen molar-refractivity contribution in [3.8, 4) is 0 Å². The lowest BCUT2D eigenvalue weighted by Crippen LogP contribution is -2.33. The van der Waals surface area contributed by atoms with Gasteiger partial charge in [0.15, 0.2) is 0 Å². The second-order valence-electron chi connectivity index (χ2n) is 5.06. The van der Waals surface area contributed by atoms with Crippen molar-refractivity contribution in [2.45, 2.75) is 65.0 Å². The van der Waals surface area contributed by atoms with E-state index in [1.807, 2.05) is 6.33 Å². The first-order valence-electron chi connectivity index (χ1n) is 7.11. The first kappa shape index (κ1) is 12.6. The summed E-state index contributed by atoms with van der Waals surface area (Å²) < 4.78 is 2.38. The molecule has 3 heteroatoms. The van der Waals surface area contributed by atoms with Crippen molar-refractivity contribution in [1.29, 1.82) is 0 Å². The maximum absolute atomic E-state index is 4.56. The van der Waals surface area contributed by atoms with Crippen LogP contribution in [0.25, 0.3) is 0 Å². The van der Waals surface area contributed by atoms with Gasteiger partial charge in [0, 0.05) is 18.3 Å². The highest BCUT2D eigenvalue weighted by Gasteiger charge is 2.16. The molecule has 0 aliphatic heterocycles. The summed E-state index contributed by atoms with van der Waals surface area (Å²) in [5.74, 6) is 0. The molecule has 0 bridgehead atoms. The van der Waals surface area contributed by atoms with Crippen LogP contribution in [-0.4, -0.2) is 22.1 Å². The largest absolute Gasteiger partial charge is 0.333 e. The zero-order valence-corrected chi connectivity index (χ0v) is 11.2. The van der Waals surface area contributed by atoms with Crippen LogP contribution in [0.4, 0.5) is 0 Å². The molecule has 2 rings (SSSR count). The van der Waals surface area contributed by atoms with Crippen molar-refractivity contribution in [2.75, 3.05) is 6.54 Å². The lowest BCUT2D eigenvalue weighted by molar-refractivity contribution is 0.428. The molecule has 96 valence electrons. The Kier molecular flexibility index (Phi) is 4.60. The van der Waals surface area contributed by atoms with Gasteiger partial charge >= 0.3 is 0 Å². The van der Waals surface area contributed by atoms with Gasteiger partial charge in [-0.3, -0.25) is 0 Å². The molecule has 1 atom stereocenters. The average molecular weight is 235 g/mol. The van der Waals surface area contributed by atoms with E-state index < -0.39 is 0 Å². The molecule has 1 aliphatic rings. The Morgan fingerprint density at radius 2 is 2.18 bits per heavy atom. The van der Waals surface area contributed by atoms with Gasteiger partial charge in [-0.2, -0.15) is 0 Å². The predicted octanol–water partition coefficient (Wildman–Crippen LogP) is 2.54. The molecule has 1 unspecified atom stereocenters. The summed E-state index contributed by atoms with van der Waals surface area (Å²) in [6.07, 6.45) is 9.49. The lowest BCUT2D eigenvalue weighted by atomic mass is 10.0. The zero-order chi connectivity index (χ0) is 12.1. The Balaban J connectivity index is 1.99. The van der Waals surface area contributed by atoms with E-state index in [1.165, 1.54) is 49.9 Å². The fourth-order valence-electron chi connectivity index (χ4n) is 2.61. The van der Waals surface area contributed by atoms with Crippen LogP contribution < -0.4 is 5.32 Å². The van der Waals surface area contributed by atoms with Gasteiger partial charge in [0.1, 0.15) is 0 Å². The minimum absolute atomic E-state index is 0.593. The van der Waals surface area contributed by atoms with Gasteiger partial charge < -0.3 is 9.88 Å². The Labute approximate surface area is 105 Å². The monoisotopic (exact) mass is 235 g/mol. The third-order valence-electron chi connectivity index (χ3n) is 3.70. The second kappa shape index (κ2) is 6.20. The molecule has 0 amide bonds. The molecule has 0 saturated carbocycles. The number of aromatic nitrogens is 2. The summed E-state index contributed by atoms with van der Waals surface area (Å²) in [5.41, 5.74) is 2.84. The fourth-order valence-corrected chi connectivity index (χ4v) is 2.61. The summed E-state index contributed by atoms with van der Waals surface area (Å²) in [5, 5.41) is 3.62. The van der Waals surface area contributed by atoms with Crippen LogP contribution in [0.15, 0.2) is 6.33 Å². The molecule has 0 radical (unpaired) electrons. The minimum Gasteiger partial charge on any atom is -0.333 e. The van der Waals surface area contributed by atoms with Crippen molar-refractivity contribution in [3.63, 3.8) is 0 Å². The van der Waals surface area contributed by atoms with Gasteiger partial charge in [-0.1, -0.05) is 13.8 Å². The lowest BCUT2D eigenvalue weighted by Gasteiger charge is -2.20. The van der Waals surface area contributed by atoms with Crippen LogP contribution in [-0.2, 0) is 19.4 Å². The number of rotatable bonds is 6. The van der Waals surface area contributed by atoms with Crippen LogP contribution in [0.3, 0.4) is 0 Å². The van der Waals surface area contributed by atoms with E-state index in [9.17, 15) is 0 Å². The second-order valence-corrected chi connectivity index (χ2v) is 5.06. The van der Waals surface area contributed by atoms with Gasteiger partial charge in [0.25, 0.3) is 0 Å². The molecular weight excluding hydrogens is 210 g/mol. The smallest absolute Gasteiger partial charge is 0.0952 e. The van der Waals surface area contributed by atoms with Crippen LogP contribution in [0.2, 0.25) is 0 Å². The highest BCUT2D eigenvalue weighted by molar-refractivity contribution is 5.16. The molecule has 0 saturated heterocycles. The van der Waals surface area contributed by atoms with Gasteiger partial charge in [-0.25, -0.2) is 4.98 Å². The van der Waals surface area contributed by atoms with Crippen molar-refractivity contribution in [2.24, 2.45) is 0 Å². The van der Waals surface area contributed by atoms with Crippen molar-refractivity contribution in [1.82, 2.24) is 14.9 Å². The molecule has 1 aromatic heterocycles. The van der Waals surface area contributed by atoms with E-state index >= 15 is 0 Å². The predicted molar refractivity (Wildman–Crippen MR) is 71.2 cm³/mol. The van der Waals surface area contributed by atoms with Crippen molar-refractivity contribution >= 4 is 0 Å². The molecule has 0 spiro atoms. The molecule has 3 nitrogen and oxygen atoms in total. The van der Waals surface area contributed by atoms with E-state index in [-0.39, 0.29) is 0 Å². The summed E-state index contributed by atoms with van der Waals surface area (Å²) in [4.78, 5) is 4.56. The molecule has 0 fully saturated rings. The van der Waals surface area contributed by atoms with Crippen molar-refractivity contribution < 1.29 is 0 Å². The average Bonchev–Trinajstić information content (AvgIpc) is 2.78. The number of hydrogen-bond acceptors (Lipinski definition) is 2. The molecular formula is C14H25N3. The highest BCUT2D eigenvalue weighted by Crippen LogP contribution is 2.20. The summed E-state index contributed by atoms with van der Waals surface area (Å²) in [6, 6.07) is 0.593. The number of nitrogens with zero attached hydrogens (tertiary/aromatic N) is 2. The van der Waals surface area contributed by atoms with Crippen molar-refractivity contribution in [3.05, 3.63) is 17.7 Å². The molecule has 17 heavy (non-hydrogen) atoms. The first-order valence-corrected chi connectivity index (χ1v) is 7.11. The van der Waals surface area contributed by atoms with Crippen LogP contribution in [0.5, 0.6) is 0 Å². The number of aryl methyl sites for hydroxylation is 1. The molecule has 1 aliphatic carbocycles. The third kappa shape index (κ3) is 3.09. The normalized spacial score (nSPS) is 16.8. The van der Waals surface area contributed by atoms with E-state index in [2.05, 4.69) is 28.7 Å². The topological polar surface area (TPSA) is 29.9 Å². The van der Waals surface area contributed by atoms with Gasteiger partial charge in [0.2, 0.25) is 0 Å². The number of fused-ring (bicyclic) bond motifs is 1. The summed E-state index contributed by atoms with van der Waals surface area (Å²) >= 11 is 0. The van der Waals surface area contributed by atoms with Crippen LogP contribution in [0.1, 0.15) is 50.9 Å². The third-order valence-corrected chi connectivity index (χ3v) is 3.70. The molecule has 1 N–H and O–H groups in total. The van der Waals surface area contributed by atoms with Gasteiger partial charge in [-0.15, -0.1) is 0 Å². The summed E-state index contributed by atoms with van der Waals surface area (Å²) in [6.45, 7) is 6.68. The number of nitrogens with one attached hydrogen (secondary N) is 1. The number of imidazole rings is 1. The SMILES string of the molecule is CCCNC(CC)Cn1cnc2c1CCCC2. The maximum atomic E-state index is 4.56. The minimum atomic E-state index is 0.593. The standard InChI is InChI=1S/C14H25N3/c1-3-9-15-12(4-2)10-17-11-16-13-7-5-6-8-14(13)17/h11-12,15H,3-10H2,1-2H3. The van der Waals surface area contributed by atoms with E-state index in [0.717, 1.165) is 13.1 Å².